The fourth-order valence-electron chi connectivity index (χ4n) is 0.893. The summed E-state index contributed by atoms with van der Waals surface area (Å²) in [7, 11) is 3.01. The summed E-state index contributed by atoms with van der Waals surface area (Å²) in [6.07, 6.45) is 4.54. The Kier molecular flexibility index (Phi) is 5.94. The van der Waals surface area contributed by atoms with E-state index in [9.17, 15) is 4.79 Å². The molecule has 0 atom stereocenters. The molecular weight excluding hydrogens is 194 g/mol. The summed E-state index contributed by atoms with van der Waals surface area (Å²) < 4.78 is 10.1. The van der Waals surface area contributed by atoms with Gasteiger partial charge < -0.3 is 15.2 Å². The lowest BCUT2D eigenvalue weighted by atomic mass is 10.1. The zero-order valence-electron chi connectivity index (χ0n) is 9.53. The molecule has 0 aromatic rings. The van der Waals surface area contributed by atoms with Gasteiger partial charge in [0.1, 0.15) is 11.5 Å². The van der Waals surface area contributed by atoms with Gasteiger partial charge in [-0.25, -0.2) is 0 Å². The zero-order valence-corrected chi connectivity index (χ0v) is 9.53. The van der Waals surface area contributed by atoms with Gasteiger partial charge in [0.2, 0.25) is 0 Å². The van der Waals surface area contributed by atoms with Crippen molar-refractivity contribution in [3.8, 4) is 0 Å². The predicted molar refractivity (Wildman–Crippen MR) is 58.8 cm³/mol. The molecule has 0 aromatic heterocycles. The summed E-state index contributed by atoms with van der Waals surface area (Å²) in [6, 6.07) is 0. The average Bonchev–Trinajstić information content (AvgIpc) is 2.23. The monoisotopic (exact) mass is 211 g/mol. The van der Waals surface area contributed by atoms with Gasteiger partial charge in [-0.15, -0.1) is 0 Å². The minimum atomic E-state index is -0.0460. The number of hydrogen-bond donors (Lipinski definition) is 1. The number of allylic oxidation sites excluding steroid dienone is 3. The Morgan fingerprint density at radius 3 is 2.13 bits per heavy atom. The Morgan fingerprint density at radius 1 is 1.20 bits per heavy atom. The second kappa shape index (κ2) is 6.70. The standard InChI is InChI=1S/C11H17NO3/c1-8(9(2)13)11(15-4)7-10(14-3)5-6-12/h5-7H,12H2,1-4H3/b6-5+,10-7+,11-8-. The molecule has 2 N–H and O–H groups in total. The molecule has 0 heterocycles. The first-order valence-corrected chi connectivity index (χ1v) is 4.46. The molecule has 0 aliphatic heterocycles. The lowest BCUT2D eigenvalue weighted by Crippen LogP contribution is -1.99. The Labute approximate surface area is 90.0 Å². The van der Waals surface area contributed by atoms with Crippen molar-refractivity contribution >= 4 is 5.78 Å². The fourth-order valence-corrected chi connectivity index (χ4v) is 0.893. The summed E-state index contributed by atoms with van der Waals surface area (Å²) in [5.74, 6) is 0.947. The average molecular weight is 211 g/mol. The van der Waals surface area contributed by atoms with E-state index in [0.717, 1.165) is 0 Å². The van der Waals surface area contributed by atoms with Gasteiger partial charge in [0, 0.05) is 11.6 Å². The van der Waals surface area contributed by atoms with Crippen molar-refractivity contribution in [2.24, 2.45) is 5.73 Å². The van der Waals surface area contributed by atoms with E-state index in [1.54, 1.807) is 19.1 Å². The minimum absolute atomic E-state index is 0.0460. The van der Waals surface area contributed by atoms with Crippen molar-refractivity contribution in [3.63, 3.8) is 0 Å². The zero-order chi connectivity index (χ0) is 11.8. The van der Waals surface area contributed by atoms with Gasteiger partial charge in [-0.2, -0.15) is 0 Å². The molecule has 15 heavy (non-hydrogen) atoms. The highest BCUT2D eigenvalue weighted by Crippen LogP contribution is 2.11. The molecule has 4 nitrogen and oxygen atoms in total. The molecule has 0 aliphatic carbocycles. The van der Waals surface area contributed by atoms with Gasteiger partial charge in [0.05, 0.1) is 14.2 Å². The lowest BCUT2D eigenvalue weighted by Gasteiger charge is -2.06. The molecule has 0 saturated heterocycles. The fraction of sp³-hybridized carbons (Fsp3) is 0.364. The molecule has 0 rings (SSSR count). The molecule has 84 valence electrons. The van der Waals surface area contributed by atoms with Gasteiger partial charge in [-0.3, -0.25) is 4.79 Å². The van der Waals surface area contributed by atoms with Crippen LogP contribution in [0, 0.1) is 0 Å². The van der Waals surface area contributed by atoms with Crippen LogP contribution in [0.4, 0.5) is 0 Å². The normalized spacial score (nSPS) is 13.7. The number of carbonyl (C=O) groups excluding carboxylic acids is 1. The van der Waals surface area contributed by atoms with Crippen molar-refractivity contribution in [1.29, 1.82) is 0 Å². The van der Waals surface area contributed by atoms with Crippen molar-refractivity contribution in [2.45, 2.75) is 13.8 Å². The van der Waals surface area contributed by atoms with E-state index >= 15 is 0 Å². The number of nitrogens with two attached hydrogens (primary N) is 1. The highest BCUT2D eigenvalue weighted by molar-refractivity contribution is 5.93. The smallest absolute Gasteiger partial charge is 0.159 e. The number of rotatable bonds is 5. The summed E-state index contributed by atoms with van der Waals surface area (Å²) in [5, 5.41) is 0. The first-order chi connectivity index (χ1) is 7.06. The van der Waals surface area contributed by atoms with Crippen LogP contribution in [-0.2, 0) is 14.3 Å². The Balaban J connectivity index is 5.15. The summed E-state index contributed by atoms with van der Waals surface area (Å²) >= 11 is 0. The Morgan fingerprint density at radius 2 is 1.80 bits per heavy atom. The van der Waals surface area contributed by atoms with Crippen molar-refractivity contribution in [1.82, 2.24) is 0 Å². The highest BCUT2D eigenvalue weighted by Gasteiger charge is 2.05. The van der Waals surface area contributed by atoms with Crippen molar-refractivity contribution in [3.05, 3.63) is 35.4 Å². The third-order valence-corrected chi connectivity index (χ3v) is 1.89. The molecule has 0 fully saturated rings. The molecule has 0 aromatic carbocycles. The second-order valence-corrected chi connectivity index (χ2v) is 2.86. The van der Waals surface area contributed by atoms with Crippen molar-refractivity contribution < 1.29 is 14.3 Å². The van der Waals surface area contributed by atoms with Crippen LogP contribution in [0.3, 0.4) is 0 Å². The van der Waals surface area contributed by atoms with Crippen LogP contribution in [0.2, 0.25) is 0 Å². The number of hydrogen-bond acceptors (Lipinski definition) is 4. The van der Waals surface area contributed by atoms with Crippen LogP contribution in [-0.4, -0.2) is 20.0 Å². The molecule has 0 saturated carbocycles. The summed E-state index contributed by atoms with van der Waals surface area (Å²) in [4.78, 5) is 11.1. The first kappa shape index (κ1) is 13.3. The maximum Gasteiger partial charge on any atom is 0.159 e. The SMILES string of the molecule is COC(/C=C(\C=C\N)OC)=C(/C)C(C)=O. The quantitative estimate of drug-likeness (QED) is 0.425. The molecule has 0 amide bonds. The molecule has 4 heteroatoms. The van der Waals surface area contributed by atoms with E-state index in [1.165, 1.54) is 27.3 Å². The van der Waals surface area contributed by atoms with Crippen LogP contribution in [0.5, 0.6) is 0 Å². The van der Waals surface area contributed by atoms with Crippen LogP contribution in [0.1, 0.15) is 13.8 Å². The van der Waals surface area contributed by atoms with E-state index in [1.807, 2.05) is 0 Å². The van der Waals surface area contributed by atoms with Crippen LogP contribution < -0.4 is 5.73 Å². The Hall–Kier alpha value is -1.71. The third kappa shape index (κ3) is 4.35. The second-order valence-electron chi connectivity index (χ2n) is 2.86. The molecule has 0 aliphatic rings. The van der Waals surface area contributed by atoms with E-state index in [2.05, 4.69) is 0 Å². The van der Waals surface area contributed by atoms with E-state index in [-0.39, 0.29) is 5.78 Å². The van der Waals surface area contributed by atoms with Gasteiger partial charge >= 0.3 is 0 Å². The minimum Gasteiger partial charge on any atom is -0.497 e. The maximum absolute atomic E-state index is 11.1. The van der Waals surface area contributed by atoms with E-state index in [4.69, 9.17) is 15.2 Å². The van der Waals surface area contributed by atoms with Crippen molar-refractivity contribution in [2.75, 3.05) is 14.2 Å². The highest BCUT2D eigenvalue weighted by atomic mass is 16.5. The number of Topliss-reactive ketones (excluding diaryl/α,β-unsaturated/α-hetero) is 1. The number of methoxy groups -OCH3 is 2. The molecular formula is C11H17NO3. The summed E-state index contributed by atoms with van der Waals surface area (Å²) in [5.41, 5.74) is 5.77. The maximum atomic E-state index is 11.1. The van der Waals surface area contributed by atoms with E-state index in [0.29, 0.717) is 17.1 Å². The molecule has 0 unspecified atom stereocenters. The number of ether oxygens (including phenoxy) is 2. The Bertz CT molecular complexity index is 314. The first-order valence-electron chi connectivity index (χ1n) is 4.46. The number of carbonyl (C=O) groups is 1. The van der Waals surface area contributed by atoms with Gasteiger partial charge in [0.15, 0.2) is 5.78 Å². The molecule has 0 bridgehead atoms. The van der Waals surface area contributed by atoms with Crippen LogP contribution in [0.15, 0.2) is 35.4 Å². The third-order valence-electron chi connectivity index (χ3n) is 1.89. The van der Waals surface area contributed by atoms with Gasteiger partial charge in [-0.1, -0.05) is 0 Å². The molecule has 0 radical (unpaired) electrons. The van der Waals surface area contributed by atoms with Gasteiger partial charge in [0.25, 0.3) is 0 Å². The lowest BCUT2D eigenvalue weighted by molar-refractivity contribution is -0.113. The largest absolute Gasteiger partial charge is 0.497 e. The van der Waals surface area contributed by atoms with E-state index < -0.39 is 0 Å². The van der Waals surface area contributed by atoms with Crippen LogP contribution in [0.25, 0.3) is 0 Å². The van der Waals surface area contributed by atoms with Gasteiger partial charge in [-0.05, 0) is 26.1 Å². The van der Waals surface area contributed by atoms with Crippen LogP contribution >= 0.6 is 0 Å². The number of ketones is 1. The predicted octanol–water partition coefficient (Wildman–Crippen LogP) is 1.50. The summed E-state index contributed by atoms with van der Waals surface area (Å²) in [6.45, 7) is 3.17. The topological polar surface area (TPSA) is 61.6 Å². The molecule has 0 spiro atoms.